The number of hydrogen-bond acceptors (Lipinski definition) is 4. The first-order valence-electron chi connectivity index (χ1n) is 5.08. The molecule has 1 amide bonds. The molecule has 7 heteroatoms. The molecule has 1 fully saturated rings. The van der Waals surface area contributed by atoms with Gasteiger partial charge in [0.1, 0.15) is 0 Å². The predicted octanol–water partition coefficient (Wildman–Crippen LogP) is 2.41. The van der Waals surface area contributed by atoms with Crippen LogP contribution in [0.25, 0.3) is 0 Å². The minimum atomic E-state index is -0.257. The van der Waals surface area contributed by atoms with Gasteiger partial charge in [0, 0.05) is 11.3 Å². The lowest BCUT2D eigenvalue weighted by Gasteiger charge is -2.13. The minimum absolute atomic E-state index is 0.0703. The van der Waals surface area contributed by atoms with Crippen LogP contribution in [0.4, 0.5) is 0 Å². The monoisotopic (exact) mass is 291 g/mol. The molecule has 1 N–H and O–H groups in total. The van der Waals surface area contributed by atoms with Gasteiger partial charge in [-0.1, -0.05) is 23.2 Å². The van der Waals surface area contributed by atoms with E-state index in [1.165, 1.54) is 6.07 Å². The minimum Gasteiger partial charge on any atom is -0.351 e. The third-order valence-electron chi connectivity index (χ3n) is 2.78. The quantitative estimate of drug-likeness (QED) is 0.926. The maximum absolute atomic E-state index is 11.9. The molecule has 0 saturated heterocycles. The maximum atomic E-state index is 11.9. The van der Waals surface area contributed by atoms with Crippen molar-refractivity contribution in [2.45, 2.75) is 17.6 Å². The lowest BCUT2D eigenvalue weighted by molar-refractivity contribution is 0.0952. The van der Waals surface area contributed by atoms with Crippen LogP contribution in [0.1, 0.15) is 23.2 Å². The smallest absolute Gasteiger partial charge is 0.254 e. The third kappa shape index (κ3) is 3.03. The molecule has 1 aromatic heterocycles. The van der Waals surface area contributed by atoms with Gasteiger partial charge in [0.2, 0.25) is 0 Å². The van der Waals surface area contributed by atoms with Crippen LogP contribution in [0.5, 0.6) is 0 Å². The molecule has 1 aliphatic rings. The summed E-state index contributed by atoms with van der Waals surface area (Å²) in [6, 6.07) is 1.42. The first-order valence-corrected chi connectivity index (χ1v) is 7.06. The molecule has 1 heterocycles. The van der Waals surface area contributed by atoms with Gasteiger partial charge in [-0.3, -0.25) is 4.79 Å². The second kappa shape index (κ2) is 5.00. The van der Waals surface area contributed by atoms with E-state index in [2.05, 4.69) is 21.8 Å². The highest BCUT2D eigenvalue weighted by molar-refractivity contribution is 8.00. The number of nitrogens with zero attached hydrogens (tertiary/aromatic N) is 2. The van der Waals surface area contributed by atoms with Crippen molar-refractivity contribution in [1.29, 1.82) is 0 Å². The number of amides is 1. The summed E-state index contributed by atoms with van der Waals surface area (Å²) in [6.45, 7) is 0.642. The standard InChI is InChI=1S/C10H11Cl2N3OS/c1-17-10(2-3-10)5-13-9(16)6-4-7(11)14-15-8(6)12/h4H,2-3,5H2,1H3,(H,13,16). The topological polar surface area (TPSA) is 54.9 Å². The van der Waals surface area contributed by atoms with Gasteiger partial charge in [-0.15, -0.1) is 10.2 Å². The Bertz CT molecular complexity index is 451. The van der Waals surface area contributed by atoms with Crippen LogP contribution in [0, 0.1) is 0 Å². The molecule has 0 radical (unpaired) electrons. The average molecular weight is 292 g/mol. The molecule has 17 heavy (non-hydrogen) atoms. The molecular weight excluding hydrogens is 281 g/mol. The molecule has 2 rings (SSSR count). The largest absolute Gasteiger partial charge is 0.351 e. The molecule has 0 aromatic carbocycles. The number of halogens is 2. The summed E-state index contributed by atoms with van der Waals surface area (Å²) in [5, 5.41) is 10.2. The van der Waals surface area contributed by atoms with E-state index < -0.39 is 0 Å². The van der Waals surface area contributed by atoms with Crippen LogP contribution < -0.4 is 5.32 Å². The number of carbonyl (C=O) groups is 1. The van der Waals surface area contributed by atoms with Crippen LogP contribution in [-0.2, 0) is 0 Å². The van der Waals surface area contributed by atoms with Gasteiger partial charge in [0.15, 0.2) is 10.3 Å². The van der Waals surface area contributed by atoms with Crippen LogP contribution in [0.15, 0.2) is 6.07 Å². The Morgan fingerprint density at radius 3 is 2.82 bits per heavy atom. The summed E-state index contributed by atoms with van der Waals surface area (Å²) >= 11 is 13.2. The fraction of sp³-hybridized carbons (Fsp3) is 0.500. The van der Waals surface area contributed by atoms with Crippen molar-refractivity contribution in [2.24, 2.45) is 0 Å². The second-order valence-electron chi connectivity index (χ2n) is 3.94. The van der Waals surface area contributed by atoms with E-state index >= 15 is 0 Å². The average Bonchev–Trinajstić information content (AvgIpc) is 3.10. The van der Waals surface area contributed by atoms with Crippen LogP contribution >= 0.6 is 35.0 Å². The molecule has 1 aromatic rings. The van der Waals surface area contributed by atoms with Crippen molar-refractivity contribution in [3.05, 3.63) is 21.9 Å². The van der Waals surface area contributed by atoms with Gasteiger partial charge in [0.25, 0.3) is 5.91 Å². The molecule has 0 atom stereocenters. The van der Waals surface area contributed by atoms with E-state index in [9.17, 15) is 4.79 Å². The number of nitrogens with one attached hydrogen (secondary N) is 1. The Hall–Kier alpha value is -0.520. The Morgan fingerprint density at radius 2 is 2.24 bits per heavy atom. The van der Waals surface area contributed by atoms with E-state index in [0.717, 1.165) is 12.8 Å². The van der Waals surface area contributed by atoms with Gasteiger partial charge in [0.05, 0.1) is 5.56 Å². The number of aromatic nitrogens is 2. The van der Waals surface area contributed by atoms with Crippen LogP contribution in [0.3, 0.4) is 0 Å². The van der Waals surface area contributed by atoms with E-state index in [-0.39, 0.29) is 26.5 Å². The number of rotatable bonds is 4. The molecule has 0 unspecified atom stereocenters. The SMILES string of the molecule is CSC1(CNC(=O)c2cc(Cl)nnc2Cl)CC1. The Balaban J connectivity index is 2.02. The van der Waals surface area contributed by atoms with E-state index in [1.807, 2.05) is 0 Å². The molecule has 1 saturated carbocycles. The highest BCUT2D eigenvalue weighted by Gasteiger charge is 2.42. The molecule has 1 aliphatic carbocycles. The first kappa shape index (κ1) is 12.9. The van der Waals surface area contributed by atoms with Crippen LogP contribution in [-0.4, -0.2) is 33.7 Å². The summed E-state index contributed by atoms with van der Waals surface area (Å²) in [4.78, 5) is 11.9. The zero-order valence-electron chi connectivity index (χ0n) is 9.17. The lowest BCUT2D eigenvalue weighted by Crippen LogP contribution is -2.32. The Kier molecular flexibility index (Phi) is 3.80. The summed E-state index contributed by atoms with van der Waals surface area (Å²) < 4.78 is 0.215. The highest BCUT2D eigenvalue weighted by Crippen LogP contribution is 2.46. The van der Waals surface area contributed by atoms with Crippen LogP contribution in [0.2, 0.25) is 10.3 Å². The highest BCUT2D eigenvalue weighted by atomic mass is 35.5. The molecule has 0 spiro atoms. The first-order chi connectivity index (χ1) is 8.06. The molecular formula is C10H11Cl2N3OS. The van der Waals surface area contributed by atoms with Gasteiger partial charge in [-0.2, -0.15) is 11.8 Å². The summed E-state index contributed by atoms with van der Waals surface area (Å²) in [6.07, 6.45) is 4.33. The fourth-order valence-electron chi connectivity index (χ4n) is 1.44. The molecule has 92 valence electrons. The number of hydrogen-bond donors (Lipinski definition) is 1. The zero-order chi connectivity index (χ0) is 12.5. The summed E-state index contributed by atoms with van der Waals surface area (Å²) in [5.41, 5.74) is 0.267. The lowest BCUT2D eigenvalue weighted by atomic mass is 10.3. The fourth-order valence-corrected chi connectivity index (χ4v) is 2.49. The van der Waals surface area contributed by atoms with E-state index in [0.29, 0.717) is 6.54 Å². The van der Waals surface area contributed by atoms with E-state index in [1.54, 1.807) is 11.8 Å². The molecule has 4 nitrogen and oxygen atoms in total. The number of carbonyl (C=O) groups excluding carboxylic acids is 1. The van der Waals surface area contributed by atoms with Crippen molar-refractivity contribution < 1.29 is 4.79 Å². The van der Waals surface area contributed by atoms with E-state index in [4.69, 9.17) is 23.2 Å². The zero-order valence-corrected chi connectivity index (χ0v) is 11.5. The molecule has 0 bridgehead atoms. The van der Waals surface area contributed by atoms with Crippen molar-refractivity contribution in [3.8, 4) is 0 Å². The van der Waals surface area contributed by atoms with Crippen molar-refractivity contribution in [1.82, 2.24) is 15.5 Å². The Morgan fingerprint density at radius 1 is 1.53 bits per heavy atom. The predicted molar refractivity (Wildman–Crippen MR) is 69.9 cm³/mol. The second-order valence-corrected chi connectivity index (χ2v) is 5.96. The third-order valence-corrected chi connectivity index (χ3v) is 4.66. The van der Waals surface area contributed by atoms with Crippen molar-refractivity contribution in [3.63, 3.8) is 0 Å². The molecule has 0 aliphatic heterocycles. The summed E-state index contributed by atoms with van der Waals surface area (Å²) in [7, 11) is 0. The van der Waals surface area contributed by atoms with Gasteiger partial charge < -0.3 is 5.32 Å². The van der Waals surface area contributed by atoms with Crippen molar-refractivity contribution >= 4 is 40.9 Å². The summed E-state index contributed by atoms with van der Waals surface area (Å²) in [5.74, 6) is -0.257. The normalized spacial score (nSPS) is 16.6. The van der Waals surface area contributed by atoms with Gasteiger partial charge in [-0.25, -0.2) is 0 Å². The maximum Gasteiger partial charge on any atom is 0.254 e. The number of thioether (sulfide) groups is 1. The van der Waals surface area contributed by atoms with Gasteiger partial charge in [-0.05, 0) is 25.2 Å². The Labute approximate surface area is 113 Å². The van der Waals surface area contributed by atoms with Gasteiger partial charge >= 0.3 is 0 Å². The van der Waals surface area contributed by atoms with Crippen molar-refractivity contribution in [2.75, 3.05) is 12.8 Å².